The number of para-hydroxylation sites is 3. The molecule has 0 amide bonds. The SMILES string of the molecule is Cn1[c-]c(-c2nc3c(ccn3-c3[c-]c(-n4[c-]ccc4)ccc3)o2)c2ccccc21.Cn1cc(-c2[c-]c(N(CN=Cc3coc4oc[c-]c34)c3ccccc3)ccc2)c2[cH-]c[n+](C)c21.[Au+3].[Au+3].[Au+3].[c-]1ccccc1-c1[c-]c2c(cc1)c1ccccc1n2-c1cccc(-c2[c-]cccc2)n1. The van der Waals surface area contributed by atoms with E-state index in [9.17, 15) is 0 Å². The Labute approximate surface area is 606 Å². The van der Waals surface area contributed by atoms with Gasteiger partial charge in [-0.25, -0.2) is 16.1 Å². The summed E-state index contributed by atoms with van der Waals surface area (Å²) < 4.78 is 29.1. The fourth-order valence-electron chi connectivity index (χ4n) is 12.2. The minimum atomic E-state index is 0. The summed E-state index contributed by atoms with van der Waals surface area (Å²) in [6.45, 7) is 0.421. The van der Waals surface area contributed by atoms with E-state index in [2.05, 4.69) is 185 Å². The minimum absolute atomic E-state index is 0. The number of pyridine rings is 1. The molecule has 18 rings (SSSR count). The first-order valence-corrected chi connectivity index (χ1v) is 30.6. The average molecular weight is 1810 g/mol. The van der Waals surface area contributed by atoms with Crippen LogP contribution in [0, 0.1) is 48.8 Å². The number of aromatic nitrogens is 8. The number of hydrogen-bond donors (Lipinski definition) is 0. The summed E-state index contributed by atoms with van der Waals surface area (Å²) in [6, 6.07) is 93.7. The number of nitrogens with zero attached hydrogens (tertiary/aromatic N) is 10. The number of rotatable bonds is 12. The summed E-state index contributed by atoms with van der Waals surface area (Å²) in [5.74, 6) is 1.89. The summed E-state index contributed by atoms with van der Waals surface area (Å²) >= 11 is 0. The van der Waals surface area contributed by atoms with Gasteiger partial charge in [-0.1, -0.05) is 123 Å². The Bertz CT molecular complexity index is 5730. The third-order valence-electron chi connectivity index (χ3n) is 16.6. The van der Waals surface area contributed by atoms with Crippen LogP contribution in [0.3, 0.4) is 0 Å². The van der Waals surface area contributed by atoms with Crippen molar-refractivity contribution >= 4 is 83.7 Å². The fourth-order valence-corrected chi connectivity index (χ4v) is 12.2. The number of benzene rings is 8. The van der Waals surface area contributed by atoms with Crippen LogP contribution in [0.25, 0.3) is 128 Å². The van der Waals surface area contributed by atoms with Crippen molar-refractivity contribution in [2.24, 2.45) is 26.1 Å². The van der Waals surface area contributed by atoms with Crippen LogP contribution in [0.4, 0.5) is 11.4 Å². The van der Waals surface area contributed by atoms with Crippen LogP contribution in [-0.2, 0) is 88.3 Å². The normalized spacial score (nSPS) is 11.2. The molecule has 10 heterocycles. The molecule has 0 atom stereocenters. The van der Waals surface area contributed by atoms with Crippen molar-refractivity contribution in [2.75, 3.05) is 11.6 Å². The Kier molecular flexibility index (Phi) is 19.2. The van der Waals surface area contributed by atoms with Crippen LogP contribution in [0.5, 0.6) is 0 Å². The van der Waals surface area contributed by atoms with Gasteiger partial charge < -0.3 is 45.6 Å². The monoisotopic (exact) mass is 1810 g/mol. The number of furan rings is 2. The number of fused-ring (bicyclic) bond motifs is 7. The van der Waals surface area contributed by atoms with Gasteiger partial charge in [-0.05, 0) is 59.8 Å². The maximum absolute atomic E-state index is 6.08. The molecule has 478 valence electrons. The molecular formula is C81H54Au3N10O3+. The van der Waals surface area contributed by atoms with Crippen LogP contribution in [0.2, 0.25) is 0 Å². The zero-order valence-electron chi connectivity index (χ0n) is 52.1. The average Bonchev–Trinajstić information content (AvgIpc) is 1.62. The van der Waals surface area contributed by atoms with Gasteiger partial charge in [0.1, 0.15) is 18.4 Å². The summed E-state index contributed by atoms with van der Waals surface area (Å²) in [5.41, 5.74) is 17.5. The Balaban J connectivity index is 0.000000130. The van der Waals surface area contributed by atoms with E-state index in [1.807, 2.05) is 161 Å². The second-order valence-corrected chi connectivity index (χ2v) is 22.5. The molecule has 0 aliphatic rings. The zero-order chi connectivity index (χ0) is 63.1. The molecule has 0 radical (unpaired) electrons. The van der Waals surface area contributed by atoms with Gasteiger partial charge in [0.15, 0.2) is 22.7 Å². The van der Waals surface area contributed by atoms with Crippen molar-refractivity contribution < 1.29 is 85.0 Å². The number of hydrogen-bond acceptors (Lipinski definition) is 7. The predicted octanol–water partition coefficient (Wildman–Crippen LogP) is 17.4. The molecule has 16 heteroatoms. The van der Waals surface area contributed by atoms with E-state index in [4.69, 9.17) is 28.2 Å². The molecule has 0 spiro atoms. The van der Waals surface area contributed by atoms with E-state index in [1.165, 1.54) is 22.7 Å². The molecule has 0 unspecified atom stereocenters. The summed E-state index contributed by atoms with van der Waals surface area (Å²) in [5, 5.41) is 5.43. The molecule has 0 N–H and O–H groups in total. The number of oxazole rings is 1. The van der Waals surface area contributed by atoms with E-state index in [1.54, 1.807) is 12.5 Å². The summed E-state index contributed by atoms with van der Waals surface area (Å²) in [7, 11) is 6.12. The number of aryl methyl sites for hydroxylation is 3. The predicted molar refractivity (Wildman–Crippen MR) is 369 cm³/mol. The molecule has 0 aliphatic carbocycles. The third-order valence-corrected chi connectivity index (χ3v) is 16.6. The van der Waals surface area contributed by atoms with Crippen LogP contribution in [0.1, 0.15) is 5.56 Å². The van der Waals surface area contributed by atoms with Gasteiger partial charge in [0.05, 0.1) is 14.1 Å². The van der Waals surface area contributed by atoms with E-state index in [0.29, 0.717) is 18.3 Å². The van der Waals surface area contributed by atoms with E-state index in [0.717, 1.165) is 117 Å². The topological polar surface area (TPSA) is 109 Å². The first kappa shape index (κ1) is 65.3. The number of aliphatic imine (C=N–C) groups is 1. The third kappa shape index (κ3) is 12.8. The minimum Gasteiger partial charge on any atom is -0.505 e. The van der Waals surface area contributed by atoms with E-state index >= 15 is 0 Å². The molecule has 0 aliphatic heterocycles. The fraction of sp³-hybridized carbons (Fsp3) is 0.0494. The number of anilines is 2. The maximum atomic E-state index is 6.08. The van der Waals surface area contributed by atoms with E-state index < -0.39 is 0 Å². The quantitative estimate of drug-likeness (QED) is 0.0522. The van der Waals surface area contributed by atoms with Crippen LogP contribution >= 0.6 is 0 Å². The smallest absolute Gasteiger partial charge is 0.505 e. The van der Waals surface area contributed by atoms with Gasteiger partial charge in [0, 0.05) is 48.4 Å². The van der Waals surface area contributed by atoms with Crippen molar-refractivity contribution in [2.45, 2.75) is 0 Å². The summed E-state index contributed by atoms with van der Waals surface area (Å²) in [4.78, 5) is 16.6. The molecule has 0 saturated carbocycles. The van der Waals surface area contributed by atoms with Crippen molar-refractivity contribution in [3.8, 4) is 62.2 Å². The summed E-state index contributed by atoms with van der Waals surface area (Å²) in [6.07, 6.45) is 19.6. The van der Waals surface area contributed by atoms with E-state index in [-0.39, 0.29) is 67.1 Å². The second kappa shape index (κ2) is 28.5. The van der Waals surface area contributed by atoms with Crippen LogP contribution in [0.15, 0.2) is 274 Å². The van der Waals surface area contributed by atoms with Crippen molar-refractivity contribution in [3.05, 3.63) is 310 Å². The standard InChI is InChI=1S/C29H17N2.C28H22N4O2.C24H15N4O.3Au/c1-3-10-21(11-4-1)23-18-19-25-24-14-7-8-16-27(24)31(28(25)20-23)29-17-9-15-26(30-29)22-12-5-2-6-13-22;1-30-13-11-25-26(17-31(2)27(25)30)20-7-6-10-23(15-20)32(22-8-4-3-5-9-22)19-29-16-21-18-34-28-24(21)12-14-33-28;1-26-16-20(19-9-2-3-10-21(19)26)24-25-23-22(29-24)11-14-28(23)18-8-6-7-17(15-18)27-12-4-5-13-27;;;/h1-10,12,14-19H;3-11,13-14,16-18H,19H2,1-2H3;2-12,14H,1H3;;;/q-3;-2;-3;3*+3. The van der Waals surface area contributed by atoms with Gasteiger partial charge in [0.2, 0.25) is 0 Å². The molecule has 0 saturated heterocycles. The largest absolute Gasteiger partial charge is 3.00 e. The Morgan fingerprint density at radius 3 is 2.20 bits per heavy atom. The molecule has 0 bridgehead atoms. The van der Waals surface area contributed by atoms with Crippen molar-refractivity contribution in [1.29, 1.82) is 0 Å². The molecule has 18 aromatic rings. The van der Waals surface area contributed by atoms with Crippen LogP contribution in [-0.4, -0.2) is 45.7 Å². The van der Waals surface area contributed by atoms with Crippen molar-refractivity contribution in [1.82, 2.24) is 32.8 Å². The molecule has 0 fully saturated rings. The van der Waals surface area contributed by atoms with Gasteiger partial charge >= 0.3 is 67.1 Å². The second-order valence-electron chi connectivity index (χ2n) is 22.5. The molecule has 13 nitrogen and oxygen atoms in total. The molecule has 8 aromatic carbocycles. The van der Waals surface area contributed by atoms with Gasteiger partial charge in [-0.3, -0.25) is 9.98 Å². The Morgan fingerprint density at radius 2 is 1.38 bits per heavy atom. The Morgan fingerprint density at radius 1 is 0.629 bits per heavy atom. The Hall–Kier alpha value is -10.4. The molecule has 10 aromatic heterocycles. The van der Waals surface area contributed by atoms with Gasteiger partial charge in [-0.15, -0.1) is 114 Å². The van der Waals surface area contributed by atoms with Crippen LogP contribution < -0.4 is 9.47 Å². The maximum Gasteiger partial charge on any atom is 3.00 e. The molecular weight excluding hydrogens is 1750 g/mol. The zero-order valence-corrected chi connectivity index (χ0v) is 58.6. The first-order valence-electron chi connectivity index (χ1n) is 30.6. The van der Waals surface area contributed by atoms with Gasteiger partial charge in [0.25, 0.3) is 0 Å². The molecule has 97 heavy (non-hydrogen) atoms. The van der Waals surface area contributed by atoms with Crippen molar-refractivity contribution in [3.63, 3.8) is 0 Å². The first-order chi connectivity index (χ1) is 46.3. The van der Waals surface area contributed by atoms with Gasteiger partial charge in [-0.2, -0.15) is 71.9 Å².